The van der Waals surface area contributed by atoms with Crippen LogP contribution in [0.1, 0.15) is 5.56 Å². The summed E-state index contributed by atoms with van der Waals surface area (Å²) in [5.74, 6) is 0. The number of ether oxygens (including phenoxy) is 1. The van der Waals surface area contributed by atoms with E-state index in [0.717, 1.165) is 19.5 Å². The van der Waals surface area contributed by atoms with Crippen LogP contribution in [0, 0.1) is 0 Å². The molecule has 0 saturated carbocycles. The summed E-state index contributed by atoms with van der Waals surface area (Å²) >= 11 is 0. The first kappa shape index (κ1) is 18.1. The average molecular weight is 360 g/mol. The Kier molecular flexibility index (Phi) is 6.20. The van der Waals surface area contributed by atoms with Crippen LogP contribution in [0.5, 0.6) is 0 Å². The first-order valence-corrected chi connectivity index (χ1v) is 10.0. The highest BCUT2D eigenvalue weighted by Gasteiger charge is 2.23. The van der Waals surface area contributed by atoms with Crippen molar-refractivity contribution >= 4 is 10.0 Å². The Labute approximate surface area is 149 Å². The maximum atomic E-state index is 12.5. The summed E-state index contributed by atoms with van der Waals surface area (Å²) < 4.78 is 33.3. The van der Waals surface area contributed by atoms with Gasteiger partial charge in [0.05, 0.1) is 18.1 Å². The van der Waals surface area contributed by atoms with Gasteiger partial charge in [-0.05, 0) is 24.1 Å². The van der Waals surface area contributed by atoms with Gasteiger partial charge in [0.15, 0.2) is 0 Å². The van der Waals surface area contributed by atoms with Crippen molar-refractivity contribution in [2.24, 2.45) is 0 Å². The van der Waals surface area contributed by atoms with Crippen molar-refractivity contribution in [3.8, 4) is 0 Å². The van der Waals surface area contributed by atoms with Crippen LogP contribution in [0.15, 0.2) is 65.6 Å². The lowest BCUT2D eigenvalue weighted by Gasteiger charge is -2.34. The number of nitrogens with one attached hydrogen (secondary N) is 1. The van der Waals surface area contributed by atoms with E-state index >= 15 is 0 Å². The Morgan fingerprint density at radius 3 is 2.20 bits per heavy atom. The molecular formula is C19H24N2O3S. The van der Waals surface area contributed by atoms with Crippen molar-refractivity contribution in [3.05, 3.63) is 66.2 Å². The molecule has 1 fully saturated rings. The molecular weight excluding hydrogens is 336 g/mol. The number of sulfonamides is 1. The molecule has 2 aromatic rings. The minimum Gasteiger partial charge on any atom is -0.379 e. The molecule has 1 heterocycles. The van der Waals surface area contributed by atoms with E-state index in [2.05, 4.69) is 21.8 Å². The molecule has 0 amide bonds. The number of hydrogen-bond acceptors (Lipinski definition) is 4. The molecule has 1 saturated heterocycles. The topological polar surface area (TPSA) is 58.6 Å². The van der Waals surface area contributed by atoms with Gasteiger partial charge in [0, 0.05) is 25.7 Å². The van der Waals surface area contributed by atoms with Crippen molar-refractivity contribution in [3.63, 3.8) is 0 Å². The number of nitrogens with zero attached hydrogens (tertiary/aromatic N) is 1. The first-order chi connectivity index (χ1) is 12.1. The van der Waals surface area contributed by atoms with Crippen molar-refractivity contribution in [1.82, 2.24) is 9.62 Å². The van der Waals surface area contributed by atoms with Crippen molar-refractivity contribution in [1.29, 1.82) is 0 Å². The lowest BCUT2D eigenvalue weighted by atomic mass is 10.0. The molecule has 2 aromatic carbocycles. The first-order valence-electron chi connectivity index (χ1n) is 8.55. The SMILES string of the molecule is O=S(=O)(NCC(Cc1ccccc1)N1CCOCC1)c1ccccc1. The number of hydrogen-bond donors (Lipinski definition) is 1. The minimum absolute atomic E-state index is 0.102. The summed E-state index contributed by atoms with van der Waals surface area (Å²) in [6, 6.07) is 18.8. The number of morpholine rings is 1. The molecule has 1 aliphatic rings. The molecule has 0 radical (unpaired) electrons. The molecule has 5 nitrogen and oxygen atoms in total. The summed E-state index contributed by atoms with van der Waals surface area (Å²) in [5.41, 5.74) is 1.21. The van der Waals surface area contributed by atoms with Gasteiger partial charge in [0.2, 0.25) is 10.0 Å². The van der Waals surface area contributed by atoms with Gasteiger partial charge >= 0.3 is 0 Å². The molecule has 0 aliphatic carbocycles. The minimum atomic E-state index is -3.49. The van der Waals surface area contributed by atoms with E-state index in [1.54, 1.807) is 24.3 Å². The van der Waals surface area contributed by atoms with E-state index < -0.39 is 10.0 Å². The lowest BCUT2D eigenvalue weighted by molar-refractivity contribution is 0.0177. The molecule has 25 heavy (non-hydrogen) atoms. The maximum Gasteiger partial charge on any atom is 0.240 e. The van der Waals surface area contributed by atoms with Gasteiger partial charge in [-0.2, -0.15) is 0 Å². The summed E-state index contributed by atoms with van der Waals surface area (Å²) in [6.07, 6.45) is 0.804. The Balaban J connectivity index is 1.70. The van der Waals surface area contributed by atoms with E-state index in [0.29, 0.717) is 24.7 Å². The molecule has 6 heteroatoms. The number of benzene rings is 2. The van der Waals surface area contributed by atoms with Gasteiger partial charge in [-0.15, -0.1) is 0 Å². The van der Waals surface area contributed by atoms with Crippen molar-refractivity contribution in [2.45, 2.75) is 17.4 Å². The molecule has 1 aliphatic heterocycles. The highest BCUT2D eigenvalue weighted by molar-refractivity contribution is 7.89. The summed E-state index contributed by atoms with van der Waals surface area (Å²) in [4.78, 5) is 2.61. The van der Waals surface area contributed by atoms with Crippen molar-refractivity contribution in [2.75, 3.05) is 32.8 Å². The Morgan fingerprint density at radius 2 is 1.56 bits per heavy atom. The molecule has 1 atom stereocenters. The monoisotopic (exact) mass is 360 g/mol. The normalized spacial score (nSPS) is 17.3. The summed E-state index contributed by atoms with van der Waals surface area (Å²) in [7, 11) is -3.49. The molecule has 1 N–H and O–H groups in total. The molecule has 3 rings (SSSR count). The second-order valence-electron chi connectivity index (χ2n) is 6.16. The van der Waals surface area contributed by atoms with Crippen LogP contribution in [0.2, 0.25) is 0 Å². The van der Waals surface area contributed by atoms with E-state index in [9.17, 15) is 8.42 Å². The zero-order chi connectivity index (χ0) is 17.5. The van der Waals surface area contributed by atoms with Gasteiger partial charge in [-0.3, -0.25) is 4.90 Å². The van der Waals surface area contributed by atoms with E-state index in [-0.39, 0.29) is 6.04 Å². The zero-order valence-electron chi connectivity index (χ0n) is 14.2. The third-order valence-electron chi connectivity index (χ3n) is 4.44. The van der Waals surface area contributed by atoms with Gasteiger partial charge in [0.25, 0.3) is 0 Å². The largest absolute Gasteiger partial charge is 0.379 e. The Hall–Kier alpha value is -1.73. The van der Waals surface area contributed by atoms with Gasteiger partial charge in [-0.1, -0.05) is 48.5 Å². The van der Waals surface area contributed by atoms with Crippen molar-refractivity contribution < 1.29 is 13.2 Å². The van der Waals surface area contributed by atoms with Crippen LogP contribution in [0.3, 0.4) is 0 Å². The average Bonchev–Trinajstić information content (AvgIpc) is 2.67. The maximum absolute atomic E-state index is 12.5. The fourth-order valence-electron chi connectivity index (χ4n) is 3.05. The molecule has 134 valence electrons. The van der Waals surface area contributed by atoms with Crippen LogP contribution in [0.4, 0.5) is 0 Å². The van der Waals surface area contributed by atoms with E-state index in [1.165, 1.54) is 5.56 Å². The second-order valence-corrected chi connectivity index (χ2v) is 7.92. The predicted octanol–water partition coefficient (Wildman–Crippen LogP) is 1.91. The van der Waals surface area contributed by atoms with E-state index in [1.807, 2.05) is 24.3 Å². The van der Waals surface area contributed by atoms with Gasteiger partial charge in [0.1, 0.15) is 0 Å². The Bertz CT molecular complexity index is 745. The fraction of sp³-hybridized carbons (Fsp3) is 0.368. The zero-order valence-corrected chi connectivity index (χ0v) is 15.0. The quantitative estimate of drug-likeness (QED) is 0.819. The molecule has 0 aromatic heterocycles. The second kappa shape index (κ2) is 8.58. The highest BCUT2D eigenvalue weighted by atomic mass is 32.2. The molecule has 0 spiro atoms. The predicted molar refractivity (Wildman–Crippen MR) is 98.0 cm³/mol. The van der Waals surface area contributed by atoms with Crippen LogP contribution in [-0.4, -0.2) is 52.2 Å². The van der Waals surface area contributed by atoms with Gasteiger partial charge in [-0.25, -0.2) is 13.1 Å². The molecule has 1 unspecified atom stereocenters. The van der Waals surface area contributed by atoms with Crippen LogP contribution in [0.25, 0.3) is 0 Å². The standard InChI is InChI=1S/C19H24N2O3S/c22-25(23,19-9-5-2-6-10-19)20-16-18(21-11-13-24-14-12-21)15-17-7-3-1-4-8-17/h1-10,18,20H,11-16H2. The van der Waals surface area contributed by atoms with Crippen LogP contribution < -0.4 is 4.72 Å². The van der Waals surface area contributed by atoms with Crippen LogP contribution in [-0.2, 0) is 21.2 Å². The summed E-state index contributed by atoms with van der Waals surface area (Å²) in [6.45, 7) is 3.41. The third-order valence-corrected chi connectivity index (χ3v) is 5.88. The highest BCUT2D eigenvalue weighted by Crippen LogP contribution is 2.13. The summed E-state index contributed by atoms with van der Waals surface area (Å²) in [5, 5.41) is 0. The smallest absolute Gasteiger partial charge is 0.240 e. The fourth-order valence-corrected chi connectivity index (χ4v) is 4.14. The van der Waals surface area contributed by atoms with Crippen LogP contribution >= 0.6 is 0 Å². The Morgan fingerprint density at radius 1 is 0.960 bits per heavy atom. The molecule has 0 bridgehead atoms. The van der Waals surface area contributed by atoms with Gasteiger partial charge < -0.3 is 4.74 Å². The lowest BCUT2D eigenvalue weighted by Crippen LogP contribution is -2.49. The third kappa shape index (κ3) is 5.12. The number of rotatable bonds is 7. The van der Waals surface area contributed by atoms with E-state index in [4.69, 9.17) is 4.74 Å².